The van der Waals surface area contributed by atoms with Crippen LogP contribution in [0, 0.1) is 5.92 Å². The third kappa shape index (κ3) is 6.11. The number of benzene rings is 4. The van der Waals surface area contributed by atoms with Gasteiger partial charge in [0.25, 0.3) is 0 Å². The lowest BCUT2D eigenvalue weighted by Crippen LogP contribution is -2.16. The van der Waals surface area contributed by atoms with Crippen molar-refractivity contribution in [2.45, 2.75) is 6.92 Å². The van der Waals surface area contributed by atoms with E-state index < -0.39 is 0 Å². The molecule has 238 valence electrons. The normalized spacial score (nSPS) is 16.3. The molecular weight excluding hydrogens is 609 g/mol. The second kappa shape index (κ2) is 13.5. The van der Waals surface area contributed by atoms with Crippen LogP contribution >= 0.6 is 0 Å². The standard InChI is InChI=1S/C46H34N4/c1-3-4-21-42(47-2)33-24-22-32(23-25-33)39-28-38(31-13-7-5-8-14-31)29-41(30-39)46-49-44(35-15-9-6-10-16-35)48-45(50-46)40-26-36-19-11-17-34-18-12-20-37(27-40)43(34)36/h3-30,43H,2H2,1H3/b4-3-,42-21-. The van der Waals surface area contributed by atoms with Gasteiger partial charge in [-0.05, 0) is 89.0 Å². The maximum Gasteiger partial charge on any atom is 0.164 e. The Bertz CT molecular complexity index is 2360. The van der Waals surface area contributed by atoms with Gasteiger partial charge in [0.1, 0.15) is 0 Å². The first-order valence-electron chi connectivity index (χ1n) is 16.8. The Kier molecular flexibility index (Phi) is 8.34. The van der Waals surface area contributed by atoms with Crippen LogP contribution in [0.4, 0.5) is 0 Å². The largest absolute Gasteiger partial charge is 0.264 e. The molecule has 0 N–H and O–H groups in total. The van der Waals surface area contributed by atoms with Gasteiger partial charge in [-0.25, -0.2) is 15.0 Å². The van der Waals surface area contributed by atoms with Crippen LogP contribution in [-0.4, -0.2) is 21.7 Å². The molecule has 0 aliphatic heterocycles. The molecular formula is C46H34N4. The van der Waals surface area contributed by atoms with Crippen molar-refractivity contribution in [2.75, 3.05) is 0 Å². The molecule has 3 aliphatic carbocycles. The van der Waals surface area contributed by atoms with Gasteiger partial charge in [-0.15, -0.1) is 0 Å². The fourth-order valence-corrected chi connectivity index (χ4v) is 6.68. The van der Waals surface area contributed by atoms with Crippen molar-refractivity contribution in [1.29, 1.82) is 0 Å². The van der Waals surface area contributed by atoms with E-state index in [4.69, 9.17) is 15.0 Å². The van der Waals surface area contributed by atoms with E-state index in [2.05, 4.69) is 127 Å². The van der Waals surface area contributed by atoms with Crippen LogP contribution < -0.4 is 0 Å². The lowest BCUT2D eigenvalue weighted by Gasteiger charge is -2.29. The van der Waals surface area contributed by atoms with E-state index in [0.717, 1.165) is 50.2 Å². The van der Waals surface area contributed by atoms with E-state index in [-0.39, 0.29) is 5.92 Å². The SMILES string of the molecule is C=N/C(=C\C=C/C)c1ccc(-c2cc(-c3ccccc3)cc(-c3nc(C4=CC5=CC=CC6=CC=CC(=C4)C65)nc(-c4ccccc4)n3)c2)cc1. The average molecular weight is 643 g/mol. The van der Waals surface area contributed by atoms with E-state index in [1.807, 2.05) is 61.5 Å². The van der Waals surface area contributed by atoms with Gasteiger partial charge < -0.3 is 0 Å². The molecule has 1 heterocycles. The Morgan fingerprint density at radius 3 is 1.86 bits per heavy atom. The van der Waals surface area contributed by atoms with Gasteiger partial charge in [0, 0.05) is 28.2 Å². The molecule has 1 atom stereocenters. The highest BCUT2D eigenvalue weighted by Gasteiger charge is 2.28. The first-order valence-corrected chi connectivity index (χ1v) is 16.8. The molecule has 5 aromatic rings. The quantitative estimate of drug-likeness (QED) is 0.125. The van der Waals surface area contributed by atoms with Gasteiger partial charge in [0.2, 0.25) is 0 Å². The summed E-state index contributed by atoms with van der Waals surface area (Å²) in [6.07, 6.45) is 23.4. The number of hydrogen-bond acceptors (Lipinski definition) is 4. The Morgan fingerprint density at radius 2 is 1.18 bits per heavy atom. The van der Waals surface area contributed by atoms with Crippen molar-refractivity contribution in [3.63, 3.8) is 0 Å². The van der Waals surface area contributed by atoms with E-state index in [0.29, 0.717) is 17.5 Å². The molecule has 50 heavy (non-hydrogen) atoms. The second-order valence-corrected chi connectivity index (χ2v) is 12.4. The van der Waals surface area contributed by atoms with Gasteiger partial charge in [-0.1, -0.05) is 134 Å². The Labute approximate surface area is 293 Å². The summed E-state index contributed by atoms with van der Waals surface area (Å²) in [4.78, 5) is 19.6. The summed E-state index contributed by atoms with van der Waals surface area (Å²) >= 11 is 0. The zero-order chi connectivity index (χ0) is 33.9. The molecule has 0 spiro atoms. The summed E-state index contributed by atoms with van der Waals surface area (Å²) in [7, 11) is 0. The van der Waals surface area contributed by atoms with E-state index in [9.17, 15) is 0 Å². The molecule has 8 rings (SSSR count). The van der Waals surface area contributed by atoms with Crippen LogP contribution in [0.15, 0.2) is 192 Å². The van der Waals surface area contributed by atoms with Gasteiger partial charge in [0.15, 0.2) is 17.5 Å². The topological polar surface area (TPSA) is 51.0 Å². The summed E-state index contributed by atoms with van der Waals surface area (Å²) in [5.41, 5.74) is 12.8. The first kappa shape index (κ1) is 30.8. The zero-order valence-corrected chi connectivity index (χ0v) is 27.7. The molecule has 3 aliphatic rings. The van der Waals surface area contributed by atoms with Crippen LogP contribution in [0.2, 0.25) is 0 Å². The fraction of sp³-hybridized carbons (Fsp3) is 0.0435. The highest BCUT2D eigenvalue weighted by molar-refractivity contribution is 5.83. The molecule has 1 unspecified atom stereocenters. The summed E-state index contributed by atoms with van der Waals surface area (Å²) in [6, 6.07) is 35.6. The Hall–Kier alpha value is -6.52. The zero-order valence-electron chi connectivity index (χ0n) is 27.7. The van der Waals surface area contributed by atoms with Crippen LogP contribution in [0.5, 0.6) is 0 Å². The molecule has 0 fully saturated rings. The number of allylic oxidation sites excluding steroid dienone is 15. The van der Waals surface area contributed by atoms with Gasteiger partial charge >= 0.3 is 0 Å². The monoisotopic (exact) mass is 642 g/mol. The molecule has 0 radical (unpaired) electrons. The summed E-state index contributed by atoms with van der Waals surface area (Å²) < 4.78 is 0. The molecule has 0 saturated carbocycles. The fourth-order valence-electron chi connectivity index (χ4n) is 6.68. The second-order valence-electron chi connectivity index (χ2n) is 12.4. The van der Waals surface area contributed by atoms with Crippen LogP contribution in [0.1, 0.15) is 18.3 Å². The minimum Gasteiger partial charge on any atom is -0.264 e. The smallest absolute Gasteiger partial charge is 0.164 e. The number of aromatic nitrogens is 3. The molecule has 0 saturated heterocycles. The van der Waals surface area contributed by atoms with Crippen LogP contribution in [0.25, 0.3) is 56.3 Å². The summed E-state index contributed by atoms with van der Waals surface area (Å²) in [5, 5.41) is 0. The maximum absolute atomic E-state index is 5.19. The van der Waals surface area contributed by atoms with E-state index in [1.54, 1.807) is 0 Å². The highest BCUT2D eigenvalue weighted by Crippen LogP contribution is 2.42. The third-order valence-corrected chi connectivity index (χ3v) is 9.15. The predicted octanol–water partition coefficient (Wildman–Crippen LogP) is 11.1. The van der Waals surface area contributed by atoms with Crippen molar-refractivity contribution in [1.82, 2.24) is 15.0 Å². The molecule has 0 bridgehead atoms. The van der Waals surface area contributed by atoms with Crippen molar-refractivity contribution in [2.24, 2.45) is 10.9 Å². The van der Waals surface area contributed by atoms with E-state index in [1.165, 1.54) is 16.7 Å². The molecule has 4 heteroatoms. The van der Waals surface area contributed by atoms with Crippen LogP contribution in [0.3, 0.4) is 0 Å². The lowest BCUT2D eigenvalue weighted by atomic mass is 9.75. The number of rotatable bonds is 8. The number of nitrogens with zero attached hydrogens (tertiary/aromatic N) is 4. The van der Waals surface area contributed by atoms with Gasteiger partial charge in [-0.3, -0.25) is 4.99 Å². The third-order valence-electron chi connectivity index (χ3n) is 9.15. The van der Waals surface area contributed by atoms with Crippen LogP contribution in [-0.2, 0) is 0 Å². The average Bonchev–Trinajstić information content (AvgIpc) is 3.19. The highest BCUT2D eigenvalue weighted by atomic mass is 15.0. The van der Waals surface area contributed by atoms with Crippen molar-refractivity contribution >= 4 is 18.0 Å². The summed E-state index contributed by atoms with van der Waals surface area (Å²) in [6.45, 7) is 5.76. The maximum atomic E-state index is 5.19. The van der Waals surface area contributed by atoms with E-state index >= 15 is 0 Å². The van der Waals surface area contributed by atoms with Crippen molar-refractivity contribution in [3.05, 3.63) is 198 Å². The molecule has 4 nitrogen and oxygen atoms in total. The molecule has 4 aromatic carbocycles. The van der Waals surface area contributed by atoms with Gasteiger partial charge in [0.05, 0.1) is 5.70 Å². The number of aliphatic imine (C=N–C) groups is 1. The Morgan fingerprint density at radius 1 is 0.600 bits per heavy atom. The lowest BCUT2D eigenvalue weighted by molar-refractivity contribution is 0.878. The van der Waals surface area contributed by atoms with Crippen molar-refractivity contribution in [3.8, 4) is 45.0 Å². The predicted molar refractivity (Wildman–Crippen MR) is 208 cm³/mol. The number of hydrogen-bond donors (Lipinski definition) is 0. The minimum absolute atomic E-state index is 0.247. The first-order chi connectivity index (χ1) is 24.7. The van der Waals surface area contributed by atoms with Gasteiger partial charge in [-0.2, -0.15) is 0 Å². The molecule has 0 amide bonds. The molecule has 1 aromatic heterocycles. The minimum atomic E-state index is 0.247. The van der Waals surface area contributed by atoms with Crippen molar-refractivity contribution < 1.29 is 0 Å². The Balaban J connectivity index is 1.29. The summed E-state index contributed by atoms with van der Waals surface area (Å²) in [5.74, 6) is 2.15.